The van der Waals surface area contributed by atoms with Crippen LogP contribution in [0.4, 0.5) is 0 Å². The van der Waals surface area contributed by atoms with Crippen LogP contribution in [0.3, 0.4) is 0 Å². The Bertz CT molecular complexity index is 585. The number of rotatable bonds is 3. The molecule has 9 heteroatoms. The molecule has 1 atom stereocenters. The van der Waals surface area contributed by atoms with E-state index in [9.17, 15) is 14.2 Å². The van der Waals surface area contributed by atoms with Gasteiger partial charge in [-0.25, -0.2) is 4.57 Å². The highest BCUT2D eigenvalue weighted by atomic mass is 79.9. The third-order valence-corrected chi connectivity index (χ3v) is 2.86. The Morgan fingerprint density at radius 1 is 1.19 bits per heavy atom. The van der Waals surface area contributed by atoms with E-state index in [1.54, 1.807) is 24.3 Å². The number of carboxylic acids is 2. The molecule has 1 rings (SSSR count). The monoisotopic (exact) mass is 378 g/mol. The molecule has 4 N–H and O–H groups in total. The number of carbonyl (C=O) groups is 2. The van der Waals surface area contributed by atoms with E-state index in [1.165, 1.54) is 0 Å². The lowest BCUT2D eigenvalue weighted by Gasteiger charge is -1.96. The Kier molecular flexibility index (Phi) is 8.58. The van der Waals surface area contributed by atoms with Crippen LogP contribution < -0.4 is 0 Å². The molecule has 0 aliphatic carbocycles. The molecule has 0 aliphatic heterocycles. The summed E-state index contributed by atoms with van der Waals surface area (Å²) in [5, 5.41) is 16.2. The maximum atomic E-state index is 10.3. The van der Waals surface area contributed by atoms with E-state index in [4.69, 9.17) is 20.0 Å². The zero-order valence-corrected chi connectivity index (χ0v) is 13.0. The Labute approximate surface area is 128 Å². The van der Waals surface area contributed by atoms with Crippen molar-refractivity contribution in [2.24, 2.45) is 0 Å². The molecule has 0 saturated heterocycles. The summed E-state index contributed by atoms with van der Waals surface area (Å²) >= 11 is 2.66. The Balaban J connectivity index is 0.000000400. The summed E-state index contributed by atoms with van der Waals surface area (Å²) in [5.74, 6) is 0.0906. The summed E-state index contributed by atoms with van der Waals surface area (Å²) in [6.45, 7) is 0. The van der Waals surface area contributed by atoms with Crippen molar-refractivity contribution in [3.63, 3.8) is 0 Å². The van der Waals surface area contributed by atoms with Gasteiger partial charge in [-0.1, -0.05) is 40.0 Å². The Morgan fingerprint density at radius 3 is 2.05 bits per heavy atom. The molecular weight excluding hydrogens is 367 g/mol. The van der Waals surface area contributed by atoms with Crippen LogP contribution in [-0.4, -0.2) is 36.8 Å². The Hall–Kier alpha value is -1.65. The zero-order chi connectivity index (χ0) is 16.5. The smallest absolute Gasteiger partial charge is 0.400 e. The van der Waals surface area contributed by atoms with E-state index >= 15 is 0 Å². The first kappa shape index (κ1) is 19.4. The van der Waals surface area contributed by atoms with Crippen molar-refractivity contribution in [1.29, 1.82) is 0 Å². The first-order valence-electron chi connectivity index (χ1n) is 5.34. The number of hydrogen-bond donors (Lipinski definition) is 4. The minimum atomic E-state index is -4.19. The molecule has 0 fully saturated rings. The second kappa shape index (κ2) is 9.32. The highest BCUT2D eigenvalue weighted by Gasteiger charge is 2.16. The normalized spacial score (nSPS) is 11.2. The summed E-state index contributed by atoms with van der Waals surface area (Å²) in [6, 6.07) is 8.68. The van der Waals surface area contributed by atoms with Gasteiger partial charge in [-0.15, -0.1) is 0 Å². The highest BCUT2D eigenvalue weighted by molar-refractivity contribution is 9.10. The fourth-order valence-corrected chi connectivity index (χ4v) is 1.45. The first-order valence-corrected chi connectivity index (χ1v) is 7.87. The molecule has 0 radical (unpaired) electrons. The van der Waals surface area contributed by atoms with Crippen molar-refractivity contribution >= 4 is 35.5 Å². The number of aliphatic carboxylic acids is 2. The van der Waals surface area contributed by atoms with Crippen molar-refractivity contribution in [1.82, 2.24) is 0 Å². The molecule has 0 saturated carbocycles. The van der Waals surface area contributed by atoms with Crippen LogP contribution in [0.5, 0.6) is 0 Å². The summed E-state index contributed by atoms with van der Waals surface area (Å²) in [7, 11) is -4.19. The summed E-state index contributed by atoms with van der Waals surface area (Å²) in [4.78, 5) is 35.6. The second-order valence-electron chi connectivity index (χ2n) is 3.55. The minimum absolute atomic E-state index is 0.394. The molecule has 0 aliphatic rings. The quantitative estimate of drug-likeness (QED) is 0.355. The maximum absolute atomic E-state index is 10.3. The van der Waals surface area contributed by atoms with Gasteiger partial charge in [0.2, 0.25) is 0 Å². The van der Waals surface area contributed by atoms with Crippen LogP contribution in [0.25, 0.3) is 0 Å². The van der Waals surface area contributed by atoms with Gasteiger partial charge in [-0.3, -0.25) is 9.59 Å². The van der Waals surface area contributed by atoms with Crippen molar-refractivity contribution in [3.8, 4) is 11.6 Å². The molecular formula is C12H12BrO7P. The van der Waals surface area contributed by atoms with E-state index in [2.05, 4.69) is 21.9 Å². The van der Waals surface area contributed by atoms with Gasteiger partial charge in [0.15, 0.2) is 0 Å². The fourth-order valence-electron chi connectivity index (χ4n) is 0.899. The number of halogens is 1. The van der Waals surface area contributed by atoms with Crippen LogP contribution in [0.1, 0.15) is 12.0 Å². The standard InChI is InChI=1S/C8H7O3P.C4H5BrO4/c9-12(10,11)7-6-8-4-2-1-3-5-8;5-2(4(8)9)1-3(6)7/h1-5H,(H2,9,10,11);2H,1H2,(H,6,7)(H,8,9)/t;2-/m.0/s1. The van der Waals surface area contributed by atoms with Crippen LogP contribution in [0.2, 0.25) is 0 Å². The van der Waals surface area contributed by atoms with Crippen LogP contribution in [-0.2, 0) is 14.2 Å². The third kappa shape index (κ3) is 11.8. The molecule has 0 amide bonds. The van der Waals surface area contributed by atoms with Gasteiger partial charge >= 0.3 is 19.5 Å². The molecule has 0 aromatic heterocycles. The van der Waals surface area contributed by atoms with Crippen LogP contribution in [0.15, 0.2) is 30.3 Å². The number of benzene rings is 1. The van der Waals surface area contributed by atoms with Crippen molar-refractivity contribution in [3.05, 3.63) is 35.9 Å². The fraction of sp³-hybridized carbons (Fsp3) is 0.167. The van der Waals surface area contributed by atoms with E-state index in [0.717, 1.165) is 0 Å². The largest absolute Gasteiger partial charge is 0.481 e. The van der Waals surface area contributed by atoms with Crippen molar-refractivity contribution in [2.75, 3.05) is 0 Å². The van der Waals surface area contributed by atoms with Crippen molar-refractivity contribution < 1.29 is 34.2 Å². The van der Waals surface area contributed by atoms with Gasteiger partial charge in [0, 0.05) is 11.2 Å². The van der Waals surface area contributed by atoms with Gasteiger partial charge in [0.1, 0.15) is 4.83 Å². The van der Waals surface area contributed by atoms with Gasteiger partial charge < -0.3 is 20.0 Å². The average molecular weight is 379 g/mol. The lowest BCUT2D eigenvalue weighted by atomic mass is 10.2. The lowest BCUT2D eigenvalue weighted by Crippen LogP contribution is -2.16. The molecule has 0 heterocycles. The predicted octanol–water partition coefficient (Wildman–Crippen LogP) is 1.48. The lowest BCUT2D eigenvalue weighted by molar-refractivity contribution is -0.142. The molecule has 0 bridgehead atoms. The summed E-state index contributed by atoms with van der Waals surface area (Å²) < 4.78 is 10.3. The van der Waals surface area contributed by atoms with Gasteiger partial charge in [0.05, 0.1) is 6.42 Å². The number of alkyl halides is 1. The molecule has 1 aromatic carbocycles. The van der Waals surface area contributed by atoms with Gasteiger partial charge in [-0.2, -0.15) is 0 Å². The van der Waals surface area contributed by atoms with Crippen LogP contribution >= 0.6 is 23.5 Å². The first-order chi connectivity index (χ1) is 9.61. The Morgan fingerprint density at radius 2 is 1.71 bits per heavy atom. The maximum Gasteiger partial charge on any atom is 0.400 e. The SMILES string of the molecule is O=C(O)C[C@H](Br)C(=O)O.O=P(O)(O)C#Cc1ccccc1. The molecule has 0 spiro atoms. The minimum Gasteiger partial charge on any atom is -0.481 e. The topological polar surface area (TPSA) is 132 Å². The molecule has 21 heavy (non-hydrogen) atoms. The second-order valence-corrected chi connectivity index (χ2v) is 5.97. The van der Waals surface area contributed by atoms with Gasteiger partial charge in [0.25, 0.3) is 0 Å². The van der Waals surface area contributed by atoms with Gasteiger partial charge in [-0.05, 0) is 12.1 Å². The third-order valence-electron chi connectivity index (χ3n) is 1.74. The summed E-state index contributed by atoms with van der Waals surface area (Å²) in [5.41, 5.74) is 2.45. The van der Waals surface area contributed by atoms with E-state index in [0.29, 0.717) is 5.56 Å². The molecule has 0 unspecified atom stereocenters. The number of carboxylic acid groups (broad SMARTS) is 2. The van der Waals surface area contributed by atoms with Crippen molar-refractivity contribution in [2.45, 2.75) is 11.2 Å². The summed E-state index contributed by atoms with van der Waals surface area (Å²) in [6.07, 6.45) is -0.394. The zero-order valence-electron chi connectivity index (χ0n) is 10.5. The number of hydrogen-bond acceptors (Lipinski definition) is 3. The highest BCUT2D eigenvalue weighted by Crippen LogP contribution is 2.31. The van der Waals surface area contributed by atoms with E-state index in [-0.39, 0.29) is 0 Å². The molecule has 1 aromatic rings. The molecule has 114 valence electrons. The van der Waals surface area contributed by atoms with E-state index < -0.39 is 30.8 Å². The van der Waals surface area contributed by atoms with Crippen LogP contribution in [0, 0.1) is 11.6 Å². The average Bonchev–Trinajstić information content (AvgIpc) is 2.37. The molecule has 7 nitrogen and oxygen atoms in total. The van der Waals surface area contributed by atoms with E-state index in [1.807, 2.05) is 11.7 Å². The predicted molar refractivity (Wildman–Crippen MR) is 78.0 cm³/mol.